The van der Waals surface area contributed by atoms with Gasteiger partial charge in [-0.2, -0.15) is 5.10 Å². The number of hydrogen-bond acceptors (Lipinski definition) is 6. The molecule has 0 heterocycles. The van der Waals surface area contributed by atoms with Crippen molar-refractivity contribution >= 4 is 35.3 Å². The Hall–Kier alpha value is -4.66. The average Bonchev–Trinajstić information content (AvgIpc) is 2.83. The van der Waals surface area contributed by atoms with Gasteiger partial charge in [0.05, 0.1) is 13.3 Å². The predicted octanol–water partition coefficient (Wildman–Crippen LogP) is 3.42. The van der Waals surface area contributed by atoms with Crippen molar-refractivity contribution in [2.45, 2.75) is 13.8 Å². The standard InChI is InChI=1S/C26H26N4O5/c1-17-6-4-8-20(12-17)28-24(31)16-35-22-11-10-19(14-23(22)34-3)15-27-30-26(33)25(32)29-21-9-5-7-18(2)13-21/h4-15H,16H2,1-3H3,(H,28,31)(H,29,32)(H,30,33)/b27-15-. The first kappa shape index (κ1) is 25.0. The Morgan fingerprint density at radius 3 is 2.11 bits per heavy atom. The van der Waals surface area contributed by atoms with E-state index in [0.717, 1.165) is 11.1 Å². The molecule has 0 aromatic heterocycles. The van der Waals surface area contributed by atoms with Gasteiger partial charge in [-0.15, -0.1) is 0 Å². The van der Waals surface area contributed by atoms with Crippen molar-refractivity contribution < 1.29 is 23.9 Å². The lowest BCUT2D eigenvalue weighted by Gasteiger charge is -2.11. The molecule has 0 saturated carbocycles. The summed E-state index contributed by atoms with van der Waals surface area (Å²) in [5.74, 6) is -1.31. The van der Waals surface area contributed by atoms with E-state index in [2.05, 4.69) is 21.2 Å². The third-order valence-corrected chi connectivity index (χ3v) is 4.71. The second-order valence-electron chi connectivity index (χ2n) is 7.64. The number of hydrogen-bond donors (Lipinski definition) is 3. The van der Waals surface area contributed by atoms with Crippen molar-refractivity contribution in [2.24, 2.45) is 5.10 Å². The van der Waals surface area contributed by atoms with Crippen LogP contribution >= 0.6 is 0 Å². The smallest absolute Gasteiger partial charge is 0.329 e. The number of rotatable bonds is 8. The van der Waals surface area contributed by atoms with E-state index in [1.165, 1.54) is 13.3 Å². The Kier molecular flexibility index (Phi) is 8.55. The van der Waals surface area contributed by atoms with E-state index in [9.17, 15) is 14.4 Å². The molecule has 0 bridgehead atoms. The molecule has 0 fully saturated rings. The maximum Gasteiger partial charge on any atom is 0.329 e. The van der Waals surface area contributed by atoms with Crippen LogP contribution < -0.4 is 25.5 Å². The number of carbonyl (C=O) groups excluding carboxylic acids is 3. The van der Waals surface area contributed by atoms with Crippen molar-refractivity contribution in [1.29, 1.82) is 0 Å². The van der Waals surface area contributed by atoms with Crippen LogP contribution in [0.2, 0.25) is 0 Å². The molecule has 0 aliphatic carbocycles. The number of amides is 3. The number of methoxy groups -OCH3 is 1. The number of ether oxygens (including phenoxy) is 2. The minimum Gasteiger partial charge on any atom is -0.493 e. The summed E-state index contributed by atoms with van der Waals surface area (Å²) < 4.78 is 10.9. The van der Waals surface area contributed by atoms with E-state index < -0.39 is 11.8 Å². The van der Waals surface area contributed by atoms with Crippen molar-refractivity contribution in [3.63, 3.8) is 0 Å². The zero-order valence-corrected chi connectivity index (χ0v) is 19.6. The number of carbonyl (C=O) groups is 3. The minimum absolute atomic E-state index is 0.205. The molecule has 0 unspecified atom stereocenters. The lowest BCUT2D eigenvalue weighted by Crippen LogP contribution is -2.32. The molecule has 3 aromatic rings. The number of anilines is 2. The zero-order valence-electron chi connectivity index (χ0n) is 19.6. The second kappa shape index (κ2) is 12.0. The summed E-state index contributed by atoms with van der Waals surface area (Å²) in [4.78, 5) is 36.2. The first-order valence-corrected chi connectivity index (χ1v) is 10.7. The maximum atomic E-state index is 12.2. The van der Waals surface area contributed by atoms with Gasteiger partial charge in [-0.3, -0.25) is 14.4 Å². The van der Waals surface area contributed by atoms with Gasteiger partial charge in [0.1, 0.15) is 0 Å². The number of benzene rings is 3. The molecule has 0 saturated heterocycles. The molecular formula is C26H26N4O5. The second-order valence-corrected chi connectivity index (χ2v) is 7.64. The summed E-state index contributed by atoms with van der Waals surface area (Å²) in [6, 6.07) is 19.4. The van der Waals surface area contributed by atoms with E-state index in [1.807, 2.05) is 38.1 Å². The molecule has 0 aliphatic rings. The van der Waals surface area contributed by atoms with Crippen LogP contribution in [-0.2, 0) is 14.4 Å². The van der Waals surface area contributed by atoms with Crippen LogP contribution in [0.25, 0.3) is 0 Å². The van der Waals surface area contributed by atoms with E-state index in [0.29, 0.717) is 28.4 Å². The third kappa shape index (κ3) is 7.71. The largest absolute Gasteiger partial charge is 0.493 e. The molecular weight excluding hydrogens is 448 g/mol. The van der Waals surface area contributed by atoms with Gasteiger partial charge in [0, 0.05) is 11.4 Å². The molecule has 0 atom stereocenters. The van der Waals surface area contributed by atoms with E-state index in [-0.39, 0.29) is 12.5 Å². The van der Waals surface area contributed by atoms with Gasteiger partial charge >= 0.3 is 11.8 Å². The highest BCUT2D eigenvalue weighted by Gasteiger charge is 2.13. The first-order valence-electron chi connectivity index (χ1n) is 10.7. The highest BCUT2D eigenvalue weighted by Crippen LogP contribution is 2.27. The van der Waals surface area contributed by atoms with Gasteiger partial charge in [0.2, 0.25) is 0 Å². The minimum atomic E-state index is -0.908. The number of nitrogens with zero attached hydrogens (tertiary/aromatic N) is 1. The molecule has 3 amide bonds. The summed E-state index contributed by atoms with van der Waals surface area (Å²) in [5.41, 5.74) is 5.95. The molecule has 3 rings (SSSR count). The van der Waals surface area contributed by atoms with Crippen molar-refractivity contribution in [3.8, 4) is 11.5 Å². The van der Waals surface area contributed by atoms with Crippen LogP contribution in [0.4, 0.5) is 11.4 Å². The lowest BCUT2D eigenvalue weighted by molar-refractivity contribution is -0.136. The Morgan fingerprint density at radius 2 is 1.49 bits per heavy atom. The van der Waals surface area contributed by atoms with Gasteiger partial charge in [-0.25, -0.2) is 5.43 Å². The molecule has 180 valence electrons. The fourth-order valence-corrected chi connectivity index (χ4v) is 3.07. The van der Waals surface area contributed by atoms with Gasteiger partial charge in [-0.1, -0.05) is 24.3 Å². The highest BCUT2D eigenvalue weighted by atomic mass is 16.5. The summed E-state index contributed by atoms with van der Waals surface area (Å²) >= 11 is 0. The Bertz CT molecular complexity index is 1260. The van der Waals surface area contributed by atoms with Crippen LogP contribution in [0.5, 0.6) is 11.5 Å². The SMILES string of the molecule is COc1cc(/C=N\NC(=O)C(=O)Nc2cccc(C)c2)ccc1OCC(=O)Nc1cccc(C)c1. The summed E-state index contributed by atoms with van der Waals surface area (Å²) in [6.07, 6.45) is 1.36. The van der Waals surface area contributed by atoms with Crippen LogP contribution in [0.15, 0.2) is 71.8 Å². The fourth-order valence-electron chi connectivity index (χ4n) is 3.07. The Balaban J connectivity index is 1.52. The molecule has 0 aliphatic heterocycles. The quantitative estimate of drug-likeness (QED) is 0.263. The monoisotopic (exact) mass is 474 g/mol. The Labute approximate surface area is 203 Å². The van der Waals surface area contributed by atoms with Gasteiger partial charge < -0.3 is 20.1 Å². The maximum absolute atomic E-state index is 12.2. The van der Waals surface area contributed by atoms with E-state index in [4.69, 9.17) is 9.47 Å². The van der Waals surface area contributed by atoms with Crippen LogP contribution in [0.3, 0.4) is 0 Å². The third-order valence-electron chi connectivity index (χ3n) is 4.71. The number of aryl methyl sites for hydroxylation is 2. The first-order chi connectivity index (χ1) is 16.8. The van der Waals surface area contributed by atoms with Gasteiger partial charge in [0.15, 0.2) is 18.1 Å². The van der Waals surface area contributed by atoms with E-state index in [1.54, 1.807) is 42.5 Å². The lowest BCUT2D eigenvalue weighted by atomic mass is 10.2. The van der Waals surface area contributed by atoms with Gasteiger partial charge in [0.25, 0.3) is 5.91 Å². The summed E-state index contributed by atoms with van der Waals surface area (Å²) in [6.45, 7) is 3.61. The van der Waals surface area contributed by atoms with Crippen molar-refractivity contribution in [3.05, 3.63) is 83.4 Å². The summed E-state index contributed by atoms with van der Waals surface area (Å²) in [5, 5.41) is 9.08. The van der Waals surface area contributed by atoms with Crippen LogP contribution in [-0.4, -0.2) is 37.7 Å². The van der Waals surface area contributed by atoms with E-state index >= 15 is 0 Å². The molecule has 3 aromatic carbocycles. The Morgan fingerprint density at radius 1 is 0.829 bits per heavy atom. The molecule has 0 spiro atoms. The average molecular weight is 475 g/mol. The van der Waals surface area contributed by atoms with Crippen LogP contribution in [0.1, 0.15) is 16.7 Å². The molecule has 9 heteroatoms. The van der Waals surface area contributed by atoms with Gasteiger partial charge in [-0.05, 0) is 73.0 Å². The predicted molar refractivity (Wildman–Crippen MR) is 134 cm³/mol. The highest BCUT2D eigenvalue weighted by molar-refractivity contribution is 6.39. The number of nitrogens with one attached hydrogen (secondary N) is 3. The van der Waals surface area contributed by atoms with Crippen molar-refractivity contribution in [1.82, 2.24) is 5.43 Å². The fraction of sp³-hybridized carbons (Fsp3) is 0.154. The van der Waals surface area contributed by atoms with Crippen LogP contribution in [0, 0.1) is 13.8 Å². The topological polar surface area (TPSA) is 118 Å². The molecule has 0 radical (unpaired) electrons. The molecule has 9 nitrogen and oxygen atoms in total. The molecule has 3 N–H and O–H groups in total. The molecule has 35 heavy (non-hydrogen) atoms. The number of hydrazone groups is 1. The normalized spacial score (nSPS) is 10.5. The van der Waals surface area contributed by atoms with Crippen molar-refractivity contribution in [2.75, 3.05) is 24.4 Å². The zero-order chi connectivity index (χ0) is 25.2. The summed E-state index contributed by atoms with van der Waals surface area (Å²) in [7, 11) is 1.47.